The molecule has 1 amide bonds. The molecule has 2 heterocycles. The first-order valence-electron chi connectivity index (χ1n) is 11.1. The summed E-state index contributed by atoms with van der Waals surface area (Å²) in [5.41, 5.74) is 0.170. The van der Waals surface area contributed by atoms with Gasteiger partial charge in [0.1, 0.15) is 11.3 Å². The van der Waals surface area contributed by atoms with Crippen LogP contribution in [0.3, 0.4) is 0 Å². The molecule has 8 nitrogen and oxygen atoms in total. The molecule has 9 heteroatoms. The number of nitrogens with zero attached hydrogens (tertiary/aromatic N) is 4. The third-order valence-corrected chi connectivity index (χ3v) is 5.66. The van der Waals surface area contributed by atoms with E-state index >= 15 is 0 Å². The molecule has 0 bridgehead atoms. The summed E-state index contributed by atoms with van der Waals surface area (Å²) in [5.74, 6) is -0.914. The monoisotopic (exact) mass is 446 g/mol. The molecule has 174 valence electrons. The number of unbranched alkanes of at least 4 members (excludes halogenated alkanes) is 1. The van der Waals surface area contributed by atoms with E-state index in [2.05, 4.69) is 5.10 Å². The quantitative estimate of drug-likeness (QED) is 0.484. The van der Waals surface area contributed by atoms with Gasteiger partial charge < -0.3 is 19.3 Å². The van der Waals surface area contributed by atoms with E-state index in [9.17, 15) is 19.1 Å². The number of aromatic nitrogens is 3. The molecule has 0 spiro atoms. The second-order valence-corrected chi connectivity index (χ2v) is 7.81. The van der Waals surface area contributed by atoms with Gasteiger partial charge in [0.25, 0.3) is 11.5 Å². The largest absolute Gasteiger partial charge is 0.389 e. The van der Waals surface area contributed by atoms with Crippen LogP contribution in [0, 0.1) is 5.82 Å². The highest BCUT2D eigenvalue weighted by molar-refractivity contribution is 6.16. The minimum absolute atomic E-state index is 0.00176. The number of fused-ring (bicyclic) bond motifs is 3. The number of amides is 1. The van der Waals surface area contributed by atoms with Gasteiger partial charge in [0.05, 0.1) is 24.8 Å². The number of hydrogen-bond donors (Lipinski definition) is 1. The summed E-state index contributed by atoms with van der Waals surface area (Å²) in [6.07, 6.45) is 0.876. The lowest BCUT2D eigenvalue weighted by atomic mass is 10.1. The Morgan fingerprint density at radius 3 is 2.62 bits per heavy atom. The molecule has 1 atom stereocenters. The van der Waals surface area contributed by atoms with Crippen molar-refractivity contribution in [2.24, 2.45) is 7.05 Å². The number of rotatable bonds is 10. The molecule has 1 aromatic carbocycles. The van der Waals surface area contributed by atoms with E-state index in [4.69, 9.17) is 4.74 Å². The lowest BCUT2D eigenvalue weighted by molar-refractivity contribution is 0.0245. The number of aryl methyl sites for hydroxylation is 1. The molecule has 0 radical (unpaired) electrons. The molecule has 0 saturated carbocycles. The molecule has 0 aliphatic rings. The van der Waals surface area contributed by atoms with Crippen LogP contribution in [0.4, 0.5) is 4.39 Å². The molecule has 3 aromatic rings. The van der Waals surface area contributed by atoms with Gasteiger partial charge in [0.15, 0.2) is 5.69 Å². The smallest absolute Gasteiger partial charge is 0.291 e. The van der Waals surface area contributed by atoms with Crippen LogP contribution in [0.1, 0.15) is 44.1 Å². The SMILES string of the molecule is CCCCOCC(O)Cn1nc(C(=O)N(CC)CC)c2c3c(F)cccc3n(C)c2c1=O. The maximum Gasteiger partial charge on any atom is 0.291 e. The van der Waals surface area contributed by atoms with E-state index in [1.54, 1.807) is 28.6 Å². The standard InChI is InChI=1S/C23H31FN4O4/c1-5-8-12-32-14-15(29)13-28-23(31)21-19(20(25-28)22(30)27(6-2)7-3)18-16(24)10-9-11-17(18)26(21)4/h9-11,15,29H,5-8,12-14H2,1-4H3. The Bertz CT molecular complexity index is 1170. The number of aliphatic hydroxyl groups excluding tert-OH is 1. The Balaban J connectivity index is 2.18. The first kappa shape index (κ1) is 23.9. The molecule has 1 N–H and O–H groups in total. The van der Waals surface area contributed by atoms with Crippen molar-refractivity contribution < 1.29 is 19.0 Å². The van der Waals surface area contributed by atoms with Crippen molar-refractivity contribution in [3.8, 4) is 0 Å². The van der Waals surface area contributed by atoms with Crippen molar-refractivity contribution in [3.05, 3.63) is 40.1 Å². The lowest BCUT2D eigenvalue weighted by Gasteiger charge is -2.20. The second-order valence-electron chi connectivity index (χ2n) is 7.81. The molecule has 0 aliphatic carbocycles. The van der Waals surface area contributed by atoms with Gasteiger partial charge in [-0.3, -0.25) is 9.59 Å². The molecule has 0 fully saturated rings. The molecule has 0 saturated heterocycles. The minimum Gasteiger partial charge on any atom is -0.389 e. The van der Waals surface area contributed by atoms with Crippen LogP contribution < -0.4 is 5.56 Å². The Morgan fingerprint density at radius 1 is 1.25 bits per heavy atom. The predicted molar refractivity (Wildman–Crippen MR) is 121 cm³/mol. The summed E-state index contributed by atoms with van der Waals surface area (Å²) in [4.78, 5) is 28.2. The number of hydrogen-bond acceptors (Lipinski definition) is 5. The molecule has 32 heavy (non-hydrogen) atoms. The number of ether oxygens (including phenoxy) is 1. The Morgan fingerprint density at radius 2 is 1.97 bits per heavy atom. The van der Waals surface area contributed by atoms with E-state index < -0.39 is 23.4 Å². The highest BCUT2D eigenvalue weighted by Crippen LogP contribution is 2.30. The van der Waals surface area contributed by atoms with Crippen LogP contribution in [0.5, 0.6) is 0 Å². The summed E-state index contributed by atoms with van der Waals surface area (Å²) in [6.45, 7) is 7.05. The third-order valence-electron chi connectivity index (χ3n) is 5.66. The Kier molecular flexibility index (Phi) is 7.63. The van der Waals surface area contributed by atoms with Crippen molar-refractivity contribution >= 4 is 27.7 Å². The van der Waals surface area contributed by atoms with Gasteiger partial charge in [0, 0.05) is 37.5 Å². The summed E-state index contributed by atoms with van der Waals surface area (Å²) >= 11 is 0. The molecular formula is C23H31FN4O4. The van der Waals surface area contributed by atoms with Crippen LogP contribution in [-0.2, 0) is 18.3 Å². The molecule has 1 unspecified atom stereocenters. The van der Waals surface area contributed by atoms with Gasteiger partial charge >= 0.3 is 0 Å². The normalized spacial score (nSPS) is 12.6. The number of aliphatic hydroxyl groups is 1. The van der Waals surface area contributed by atoms with Crippen molar-refractivity contribution in [2.45, 2.75) is 46.3 Å². The average molecular weight is 447 g/mol. The van der Waals surface area contributed by atoms with Gasteiger partial charge in [-0.25, -0.2) is 9.07 Å². The highest BCUT2D eigenvalue weighted by Gasteiger charge is 2.27. The summed E-state index contributed by atoms with van der Waals surface area (Å²) in [5, 5.41) is 15.1. The van der Waals surface area contributed by atoms with Crippen LogP contribution >= 0.6 is 0 Å². The fraction of sp³-hybridized carbons (Fsp3) is 0.522. The number of benzene rings is 1. The zero-order valence-corrected chi connectivity index (χ0v) is 19.1. The van der Waals surface area contributed by atoms with Crippen molar-refractivity contribution in [1.82, 2.24) is 19.2 Å². The van der Waals surface area contributed by atoms with E-state index in [0.29, 0.717) is 25.2 Å². The number of halogens is 1. The minimum atomic E-state index is -0.975. The van der Waals surface area contributed by atoms with E-state index in [-0.39, 0.29) is 35.1 Å². The van der Waals surface area contributed by atoms with Crippen LogP contribution in [0.25, 0.3) is 21.8 Å². The number of carbonyl (C=O) groups excluding carboxylic acids is 1. The maximum absolute atomic E-state index is 14.9. The Labute approximate surface area is 186 Å². The molecular weight excluding hydrogens is 415 g/mol. The lowest BCUT2D eigenvalue weighted by Crippen LogP contribution is -2.36. The van der Waals surface area contributed by atoms with E-state index in [1.807, 2.05) is 20.8 Å². The average Bonchev–Trinajstić information content (AvgIpc) is 3.08. The van der Waals surface area contributed by atoms with Crippen molar-refractivity contribution in [2.75, 3.05) is 26.3 Å². The fourth-order valence-corrected chi connectivity index (χ4v) is 3.92. The number of carbonyl (C=O) groups is 1. The highest BCUT2D eigenvalue weighted by atomic mass is 19.1. The van der Waals surface area contributed by atoms with Crippen LogP contribution in [0.15, 0.2) is 23.0 Å². The first-order chi connectivity index (χ1) is 15.3. The maximum atomic E-state index is 14.9. The molecule has 3 rings (SSSR count). The fourth-order valence-electron chi connectivity index (χ4n) is 3.92. The summed E-state index contributed by atoms with van der Waals surface area (Å²) < 4.78 is 23.0. The topological polar surface area (TPSA) is 89.6 Å². The van der Waals surface area contributed by atoms with Crippen LogP contribution in [-0.4, -0.2) is 62.7 Å². The zero-order chi connectivity index (χ0) is 23.4. The van der Waals surface area contributed by atoms with E-state index in [1.165, 1.54) is 6.07 Å². The van der Waals surface area contributed by atoms with Gasteiger partial charge in [0.2, 0.25) is 0 Å². The summed E-state index contributed by atoms with van der Waals surface area (Å²) in [6, 6.07) is 4.56. The third kappa shape index (κ3) is 4.40. The van der Waals surface area contributed by atoms with Gasteiger partial charge in [-0.05, 0) is 32.4 Å². The van der Waals surface area contributed by atoms with E-state index in [0.717, 1.165) is 17.5 Å². The second kappa shape index (κ2) is 10.2. The molecule has 2 aromatic heterocycles. The zero-order valence-electron chi connectivity index (χ0n) is 19.1. The van der Waals surface area contributed by atoms with Crippen molar-refractivity contribution in [3.63, 3.8) is 0 Å². The van der Waals surface area contributed by atoms with Gasteiger partial charge in [-0.15, -0.1) is 0 Å². The summed E-state index contributed by atoms with van der Waals surface area (Å²) in [7, 11) is 1.66. The first-order valence-corrected chi connectivity index (χ1v) is 11.1. The van der Waals surface area contributed by atoms with Crippen LogP contribution in [0.2, 0.25) is 0 Å². The van der Waals surface area contributed by atoms with Gasteiger partial charge in [-0.2, -0.15) is 5.10 Å². The Hall–Kier alpha value is -2.78. The molecule has 0 aliphatic heterocycles. The van der Waals surface area contributed by atoms with Gasteiger partial charge in [-0.1, -0.05) is 19.4 Å². The predicted octanol–water partition coefficient (Wildman–Crippen LogP) is 2.69. The van der Waals surface area contributed by atoms with Crippen molar-refractivity contribution in [1.29, 1.82) is 0 Å².